The van der Waals surface area contributed by atoms with Crippen LogP contribution < -0.4 is 0 Å². The number of fused-ring (bicyclic) bond motifs is 5. The third-order valence-electron chi connectivity index (χ3n) is 6.66. The van der Waals surface area contributed by atoms with E-state index >= 15 is 0 Å². The maximum Gasteiger partial charge on any atom is 0.0159 e. The van der Waals surface area contributed by atoms with Crippen molar-refractivity contribution in [3.05, 3.63) is 71.3 Å². The van der Waals surface area contributed by atoms with Crippen molar-refractivity contribution in [2.24, 2.45) is 0 Å². The quantitative estimate of drug-likeness (QED) is 0.444. The average Bonchev–Trinajstić information content (AvgIpc) is 2.90. The lowest BCUT2D eigenvalue weighted by Crippen LogP contribution is -2.16. The Kier molecular flexibility index (Phi) is 3.32. The minimum atomic E-state index is 0.0966. The molecule has 0 bridgehead atoms. The number of rotatable bonds is 1. The first-order chi connectivity index (χ1) is 12.2. The molecule has 0 aromatic heterocycles. The Morgan fingerprint density at radius 2 is 1.44 bits per heavy atom. The Bertz CT molecular complexity index is 955. The van der Waals surface area contributed by atoms with Crippen LogP contribution >= 0.6 is 0 Å². The van der Waals surface area contributed by atoms with Crippen molar-refractivity contribution in [2.45, 2.75) is 57.3 Å². The molecule has 0 radical (unpaired) electrons. The van der Waals surface area contributed by atoms with Crippen LogP contribution in [0.25, 0.3) is 21.9 Å². The summed E-state index contributed by atoms with van der Waals surface area (Å²) >= 11 is 0. The fraction of sp³-hybridized carbons (Fsp3) is 0.360. The lowest BCUT2D eigenvalue weighted by Gasteiger charge is -2.27. The van der Waals surface area contributed by atoms with E-state index in [0.717, 1.165) is 5.92 Å². The van der Waals surface area contributed by atoms with Crippen molar-refractivity contribution in [3.8, 4) is 11.1 Å². The van der Waals surface area contributed by atoms with Crippen LogP contribution in [-0.2, 0) is 5.41 Å². The highest BCUT2D eigenvalue weighted by molar-refractivity contribution is 6.04. The second kappa shape index (κ2) is 5.46. The molecule has 25 heavy (non-hydrogen) atoms. The molecule has 0 spiro atoms. The second-order valence-electron chi connectivity index (χ2n) is 8.44. The SMILES string of the molecule is CC1(C)c2ccccc2-c2c1cc(C1CCCCC1)c1ccccc21. The maximum absolute atomic E-state index is 2.58. The molecule has 1 fully saturated rings. The van der Waals surface area contributed by atoms with Gasteiger partial charge in [-0.25, -0.2) is 0 Å². The Labute approximate surface area is 150 Å². The molecule has 0 N–H and O–H groups in total. The van der Waals surface area contributed by atoms with Crippen LogP contribution in [0.15, 0.2) is 54.6 Å². The van der Waals surface area contributed by atoms with E-state index in [0.29, 0.717) is 0 Å². The van der Waals surface area contributed by atoms with Crippen molar-refractivity contribution in [1.29, 1.82) is 0 Å². The first-order valence-corrected chi connectivity index (χ1v) is 9.84. The van der Waals surface area contributed by atoms with E-state index in [1.165, 1.54) is 65.1 Å². The highest BCUT2D eigenvalue weighted by atomic mass is 14.4. The second-order valence-corrected chi connectivity index (χ2v) is 8.44. The summed E-state index contributed by atoms with van der Waals surface area (Å²) in [6.45, 7) is 4.80. The zero-order chi connectivity index (χ0) is 17.0. The van der Waals surface area contributed by atoms with Gasteiger partial charge in [-0.15, -0.1) is 0 Å². The summed E-state index contributed by atoms with van der Waals surface area (Å²) in [6.07, 6.45) is 6.90. The van der Waals surface area contributed by atoms with Gasteiger partial charge < -0.3 is 0 Å². The van der Waals surface area contributed by atoms with Gasteiger partial charge in [0.2, 0.25) is 0 Å². The first-order valence-electron chi connectivity index (χ1n) is 9.84. The first kappa shape index (κ1) is 15.2. The van der Waals surface area contributed by atoms with Gasteiger partial charge in [-0.05, 0) is 57.3 Å². The number of hydrogen-bond donors (Lipinski definition) is 0. The molecule has 5 rings (SSSR count). The molecule has 0 aliphatic heterocycles. The van der Waals surface area contributed by atoms with Crippen molar-refractivity contribution < 1.29 is 0 Å². The molecule has 3 aromatic rings. The molecule has 2 aliphatic carbocycles. The smallest absolute Gasteiger partial charge is 0.0159 e. The van der Waals surface area contributed by atoms with E-state index in [-0.39, 0.29) is 5.41 Å². The van der Waals surface area contributed by atoms with Gasteiger partial charge in [0, 0.05) is 5.41 Å². The molecule has 3 aromatic carbocycles. The van der Waals surface area contributed by atoms with Gasteiger partial charge in [-0.1, -0.05) is 87.7 Å². The fourth-order valence-electron chi connectivity index (χ4n) is 5.33. The minimum absolute atomic E-state index is 0.0966. The van der Waals surface area contributed by atoms with Gasteiger partial charge in [-0.3, -0.25) is 0 Å². The zero-order valence-electron chi connectivity index (χ0n) is 15.3. The molecule has 0 atom stereocenters. The summed E-state index contributed by atoms with van der Waals surface area (Å²) in [5, 5.41) is 2.94. The van der Waals surface area contributed by atoms with Gasteiger partial charge in [0.05, 0.1) is 0 Å². The van der Waals surface area contributed by atoms with Gasteiger partial charge in [-0.2, -0.15) is 0 Å². The normalized spacial score (nSPS) is 19.0. The fourth-order valence-corrected chi connectivity index (χ4v) is 5.33. The van der Waals surface area contributed by atoms with Gasteiger partial charge in [0.25, 0.3) is 0 Å². The van der Waals surface area contributed by atoms with Gasteiger partial charge in [0.1, 0.15) is 0 Å². The largest absolute Gasteiger partial charge is 0.0619 e. The topological polar surface area (TPSA) is 0 Å². The Morgan fingerprint density at radius 3 is 2.24 bits per heavy atom. The molecule has 126 valence electrons. The van der Waals surface area contributed by atoms with Crippen molar-refractivity contribution in [2.75, 3.05) is 0 Å². The lowest BCUT2D eigenvalue weighted by molar-refractivity contribution is 0.445. The minimum Gasteiger partial charge on any atom is -0.0619 e. The molecule has 0 amide bonds. The van der Waals surface area contributed by atoms with Crippen LogP contribution in [0.2, 0.25) is 0 Å². The monoisotopic (exact) mass is 326 g/mol. The third-order valence-corrected chi connectivity index (χ3v) is 6.66. The Hall–Kier alpha value is -2.08. The van der Waals surface area contributed by atoms with Crippen molar-refractivity contribution in [3.63, 3.8) is 0 Å². The summed E-state index contributed by atoms with van der Waals surface area (Å²) < 4.78 is 0. The molecular weight excluding hydrogens is 300 g/mol. The molecule has 0 saturated heterocycles. The summed E-state index contributed by atoms with van der Waals surface area (Å²) in [5.41, 5.74) is 7.64. The van der Waals surface area contributed by atoms with Crippen LogP contribution in [0.5, 0.6) is 0 Å². The van der Waals surface area contributed by atoms with E-state index in [1.807, 2.05) is 0 Å². The van der Waals surface area contributed by atoms with Gasteiger partial charge >= 0.3 is 0 Å². The lowest BCUT2D eigenvalue weighted by atomic mass is 9.77. The average molecular weight is 326 g/mol. The van der Waals surface area contributed by atoms with Crippen LogP contribution in [0.4, 0.5) is 0 Å². The Balaban J connectivity index is 1.85. The van der Waals surface area contributed by atoms with E-state index in [1.54, 1.807) is 5.56 Å². The van der Waals surface area contributed by atoms with Crippen LogP contribution in [-0.4, -0.2) is 0 Å². The molecular formula is C25H26. The summed E-state index contributed by atoms with van der Waals surface area (Å²) in [5.74, 6) is 0.739. The van der Waals surface area contributed by atoms with Crippen LogP contribution in [0, 0.1) is 0 Å². The van der Waals surface area contributed by atoms with Crippen molar-refractivity contribution >= 4 is 10.8 Å². The highest BCUT2D eigenvalue weighted by Gasteiger charge is 2.37. The number of hydrogen-bond acceptors (Lipinski definition) is 0. The zero-order valence-corrected chi connectivity index (χ0v) is 15.3. The predicted octanol–water partition coefficient (Wildman–Crippen LogP) is 7.19. The van der Waals surface area contributed by atoms with Crippen LogP contribution in [0.1, 0.15) is 68.6 Å². The predicted molar refractivity (Wildman–Crippen MR) is 107 cm³/mol. The number of benzene rings is 3. The van der Waals surface area contributed by atoms with Crippen molar-refractivity contribution in [1.82, 2.24) is 0 Å². The maximum atomic E-state index is 2.58. The Morgan fingerprint density at radius 1 is 0.760 bits per heavy atom. The van der Waals surface area contributed by atoms with E-state index < -0.39 is 0 Å². The highest BCUT2D eigenvalue weighted by Crippen LogP contribution is 2.53. The molecule has 0 unspecified atom stereocenters. The summed E-state index contributed by atoms with van der Waals surface area (Å²) in [4.78, 5) is 0. The summed E-state index contributed by atoms with van der Waals surface area (Å²) in [7, 11) is 0. The molecule has 0 nitrogen and oxygen atoms in total. The molecule has 0 heterocycles. The molecule has 2 aliphatic rings. The standard InChI is InChI=1S/C25H26/c1-25(2)22-15-9-8-14-20(22)24-19-13-7-6-12-18(19)21(16-23(24)25)17-10-4-3-5-11-17/h6-9,12-17H,3-5,10-11H2,1-2H3. The van der Waals surface area contributed by atoms with Crippen LogP contribution in [0.3, 0.4) is 0 Å². The third kappa shape index (κ3) is 2.13. The van der Waals surface area contributed by atoms with E-state index in [9.17, 15) is 0 Å². The molecule has 1 saturated carbocycles. The molecule has 0 heteroatoms. The van der Waals surface area contributed by atoms with E-state index in [4.69, 9.17) is 0 Å². The summed E-state index contributed by atoms with van der Waals surface area (Å²) in [6, 6.07) is 20.7. The van der Waals surface area contributed by atoms with E-state index in [2.05, 4.69) is 68.4 Å². The van der Waals surface area contributed by atoms with Gasteiger partial charge in [0.15, 0.2) is 0 Å².